The van der Waals surface area contributed by atoms with Crippen molar-refractivity contribution in [2.24, 2.45) is 5.92 Å². The Morgan fingerprint density at radius 3 is 2.76 bits per heavy atom. The Kier molecular flexibility index (Phi) is 4.79. The predicted molar refractivity (Wildman–Crippen MR) is 88.0 cm³/mol. The van der Waals surface area contributed by atoms with Crippen molar-refractivity contribution in [1.82, 2.24) is 5.32 Å². The number of halogens is 1. The van der Waals surface area contributed by atoms with Crippen molar-refractivity contribution in [3.05, 3.63) is 53.6 Å². The lowest BCUT2D eigenvalue weighted by molar-refractivity contribution is 0.219. The number of piperidine rings is 1. The lowest BCUT2D eigenvalue weighted by Gasteiger charge is -2.23. The number of ether oxygens (including phenoxy) is 1. The van der Waals surface area contributed by atoms with Crippen molar-refractivity contribution >= 4 is 11.6 Å². The molecule has 0 radical (unpaired) electrons. The molecular weight excluding hydrogens is 282 g/mol. The van der Waals surface area contributed by atoms with E-state index in [0.29, 0.717) is 5.92 Å². The van der Waals surface area contributed by atoms with Crippen molar-refractivity contribution in [2.45, 2.75) is 12.8 Å². The Balaban J connectivity index is 1.78. The molecule has 3 rings (SSSR count). The molecule has 1 aliphatic heterocycles. The van der Waals surface area contributed by atoms with Gasteiger partial charge >= 0.3 is 0 Å². The molecule has 0 aromatic heterocycles. The Bertz CT molecular complexity index is 579. The normalized spacial score (nSPS) is 18.4. The zero-order valence-electron chi connectivity index (χ0n) is 12.0. The van der Waals surface area contributed by atoms with Crippen molar-refractivity contribution < 1.29 is 4.74 Å². The molecule has 0 amide bonds. The van der Waals surface area contributed by atoms with Crippen LogP contribution in [0, 0.1) is 5.92 Å². The first-order chi connectivity index (χ1) is 10.3. The van der Waals surface area contributed by atoms with Gasteiger partial charge in [-0.3, -0.25) is 0 Å². The molecule has 2 aromatic rings. The van der Waals surface area contributed by atoms with Gasteiger partial charge in [0.1, 0.15) is 5.75 Å². The lowest BCUT2D eigenvalue weighted by Crippen LogP contribution is -2.33. The summed E-state index contributed by atoms with van der Waals surface area (Å²) in [4.78, 5) is 0. The van der Waals surface area contributed by atoms with E-state index in [1.807, 2.05) is 36.4 Å². The first kappa shape index (κ1) is 14.4. The fraction of sp³-hybridized carbons (Fsp3) is 0.333. The summed E-state index contributed by atoms with van der Waals surface area (Å²) in [5.74, 6) is 1.51. The second-order valence-corrected chi connectivity index (χ2v) is 5.97. The van der Waals surface area contributed by atoms with Crippen LogP contribution in [0.4, 0.5) is 0 Å². The molecule has 0 bridgehead atoms. The molecule has 1 heterocycles. The summed E-state index contributed by atoms with van der Waals surface area (Å²) in [6, 6.07) is 16.1. The van der Waals surface area contributed by atoms with E-state index in [4.69, 9.17) is 16.3 Å². The summed E-state index contributed by atoms with van der Waals surface area (Å²) in [7, 11) is 0. The summed E-state index contributed by atoms with van der Waals surface area (Å²) in [6.07, 6.45) is 2.47. The predicted octanol–water partition coefficient (Wildman–Crippen LogP) is 4.39. The van der Waals surface area contributed by atoms with Gasteiger partial charge < -0.3 is 10.1 Å². The smallest absolute Gasteiger partial charge is 0.127 e. The molecular formula is C18H20ClNO. The van der Waals surface area contributed by atoms with Crippen LogP contribution >= 0.6 is 11.6 Å². The number of benzene rings is 2. The molecule has 1 fully saturated rings. The van der Waals surface area contributed by atoms with Gasteiger partial charge in [-0.1, -0.05) is 41.9 Å². The van der Waals surface area contributed by atoms with E-state index in [9.17, 15) is 0 Å². The minimum absolute atomic E-state index is 0.595. The molecule has 1 N–H and O–H groups in total. The molecule has 0 saturated carbocycles. The minimum atomic E-state index is 0.595. The molecule has 0 aliphatic carbocycles. The van der Waals surface area contributed by atoms with Gasteiger partial charge in [0, 0.05) is 23.0 Å². The van der Waals surface area contributed by atoms with E-state index >= 15 is 0 Å². The zero-order chi connectivity index (χ0) is 14.5. The van der Waals surface area contributed by atoms with Crippen molar-refractivity contribution in [3.8, 4) is 16.9 Å². The van der Waals surface area contributed by atoms with E-state index < -0.39 is 0 Å². The highest BCUT2D eigenvalue weighted by Gasteiger charge is 2.15. The number of rotatable bonds is 4. The third kappa shape index (κ3) is 3.78. The molecule has 1 saturated heterocycles. The van der Waals surface area contributed by atoms with E-state index in [2.05, 4.69) is 17.4 Å². The summed E-state index contributed by atoms with van der Waals surface area (Å²) in [6.45, 7) is 2.94. The zero-order valence-corrected chi connectivity index (χ0v) is 12.8. The molecule has 2 aromatic carbocycles. The summed E-state index contributed by atoms with van der Waals surface area (Å²) >= 11 is 6.15. The van der Waals surface area contributed by atoms with E-state index in [0.717, 1.165) is 41.6 Å². The molecule has 3 heteroatoms. The monoisotopic (exact) mass is 301 g/mol. The maximum absolute atomic E-state index is 6.15. The third-order valence-corrected chi connectivity index (χ3v) is 4.13. The highest BCUT2D eigenvalue weighted by atomic mass is 35.5. The quantitative estimate of drug-likeness (QED) is 0.904. The standard InChI is InChI=1S/C18H20ClNO/c19-16-8-9-18(21-13-14-5-4-10-20-12-14)17(11-16)15-6-2-1-3-7-15/h1-3,6-9,11,14,20H,4-5,10,12-13H2/t14-/m0/s1. The first-order valence-electron chi connectivity index (χ1n) is 7.51. The number of hydrogen-bond acceptors (Lipinski definition) is 2. The van der Waals surface area contributed by atoms with E-state index in [-0.39, 0.29) is 0 Å². The maximum atomic E-state index is 6.15. The largest absolute Gasteiger partial charge is 0.493 e. The Hall–Kier alpha value is -1.51. The van der Waals surface area contributed by atoms with Crippen LogP contribution in [0.2, 0.25) is 5.02 Å². The van der Waals surface area contributed by atoms with E-state index in [1.165, 1.54) is 12.8 Å². The van der Waals surface area contributed by atoms with Crippen LogP contribution in [0.15, 0.2) is 48.5 Å². The second-order valence-electron chi connectivity index (χ2n) is 5.53. The fourth-order valence-corrected chi connectivity index (χ4v) is 2.92. The average Bonchev–Trinajstić information content (AvgIpc) is 2.55. The Morgan fingerprint density at radius 1 is 1.14 bits per heavy atom. The van der Waals surface area contributed by atoms with Crippen molar-refractivity contribution in [1.29, 1.82) is 0 Å². The lowest BCUT2D eigenvalue weighted by atomic mass is 10.0. The van der Waals surface area contributed by atoms with Crippen molar-refractivity contribution in [2.75, 3.05) is 19.7 Å². The average molecular weight is 302 g/mol. The maximum Gasteiger partial charge on any atom is 0.127 e. The Morgan fingerprint density at radius 2 is 2.00 bits per heavy atom. The van der Waals surface area contributed by atoms with Gasteiger partial charge in [0.05, 0.1) is 6.61 Å². The molecule has 2 nitrogen and oxygen atoms in total. The second kappa shape index (κ2) is 6.97. The third-order valence-electron chi connectivity index (χ3n) is 3.90. The Labute approximate surface area is 131 Å². The summed E-state index contributed by atoms with van der Waals surface area (Å²) in [5.41, 5.74) is 2.20. The van der Waals surface area contributed by atoms with Gasteiger partial charge in [-0.2, -0.15) is 0 Å². The molecule has 110 valence electrons. The molecule has 1 atom stereocenters. The highest BCUT2D eigenvalue weighted by Crippen LogP contribution is 2.33. The first-order valence-corrected chi connectivity index (χ1v) is 7.89. The van der Waals surface area contributed by atoms with Crippen LogP contribution in [0.1, 0.15) is 12.8 Å². The SMILES string of the molecule is Clc1ccc(OC[C@H]2CCCNC2)c(-c2ccccc2)c1. The molecule has 0 unspecified atom stereocenters. The van der Waals surface area contributed by atoms with Crippen LogP contribution < -0.4 is 10.1 Å². The van der Waals surface area contributed by atoms with Crippen molar-refractivity contribution in [3.63, 3.8) is 0 Å². The topological polar surface area (TPSA) is 21.3 Å². The van der Waals surface area contributed by atoms with Gasteiger partial charge in [-0.25, -0.2) is 0 Å². The van der Waals surface area contributed by atoms with E-state index in [1.54, 1.807) is 0 Å². The summed E-state index contributed by atoms with van der Waals surface area (Å²) in [5, 5.41) is 4.16. The van der Waals surface area contributed by atoms with Crippen LogP contribution in [0.3, 0.4) is 0 Å². The van der Waals surface area contributed by atoms with Gasteiger partial charge in [0.15, 0.2) is 0 Å². The van der Waals surface area contributed by atoms with Crippen LogP contribution in [0.25, 0.3) is 11.1 Å². The van der Waals surface area contributed by atoms with Crippen LogP contribution in [0.5, 0.6) is 5.75 Å². The minimum Gasteiger partial charge on any atom is -0.493 e. The van der Waals surface area contributed by atoms with Gasteiger partial charge in [-0.05, 0) is 43.1 Å². The highest BCUT2D eigenvalue weighted by molar-refractivity contribution is 6.31. The van der Waals surface area contributed by atoms with Crippen LogP contribution in [-0.4, -0.2) is 19.7 Å². The number of nitrogens with one attached hydrogen (secondary N) is 1. The molecule has 0 spiro atoms. The molecule has 1 aliphatic rings. The summed E-state index contributed by atoms with van der Waals surface area (Å²) < 4.78 is 6.09. The van der Waals surface area contributed by atoms with Gasteiger partial charge in [0.2, 0.25) is 0 Å². The van der Waals surface area contributed by atoms with Crippen LogP contribution in [-0.2, 0) is 0 Å². The van der Waals surface area contributed by atoms with Gasteiger partial charge in [0.25, 0.3) is 0 Å². The van der Waals surface area contributed by atoms with Gasteiger partial charge in [-0.15, -0.1) is 0 Å². The number of hydrogen-bond donors (Lipinski definition) is 1. The molecule has 21 heavy (non-hydrogen) atoms. The fourth-order valence-electron chi connectivity index (χ4n) is 2.75.